The summed E-state index contributed by atoms with van der Waals surface area (Å²) < 4.78 is 29.3. The molecule has 3 aliphatic carbocycles. The number of benzene rings is 1. The van der Waals surface area contributed by atoms with Crippen molar-refractivity contribution in [1.29, 1.82) is 0 Å². The van der Waals surface area contributed by atoms with E-state index in [1.807, 2.05) is 18.7 Å². The molecule has 3 amide bonds. The van der Waals surface area contributed by atoms with Crippen LogP contribution in [0.25, 0.3) is 0 Å². The largest absolute Gasteiger partial charge is 0.370 e. The highest BCUT2D eigenvalue weighted by Crippen LogP contribution is 2.38. The molecule has 3 saturated carbocycles. The van der Waals surface area contributed by atoms with Crippen molar-refractivity contribution in [1.82, 2.24) is 9.21 Å². The second kappa shape index (κ2) is 14.6. The Bertz CT molecular complexity index is 1210. The van der Waals surface area contributed by atoms with E-state index in [0.717, 1.165) is 80.5 Å². The molecule has 7 unspecified atom stereocenters. The summed E-state index contributed by atoms with van der Waals surface area (Å²) in [7, 11) is -4.19. The number of hydrogen-bond acceptors (Lipinski definition) is 5. The van der Waals surface area contributed by atoms with E-state index in [1.54, 1.807) is 24.3 Å². The summed E-state index contributed by atoms with van der Waals surface area (Å²) in [6, 6.07) is 6.14. The Morgan fingerprint density at radius 1 is 0.744 bits per heavy atom. The van der Waals surface area contributed by atoms with Crippen LogP contribution >= 0.6 is 0 Å². The maximum atomic E-state index is 14.6. The van der Waals surface area contributed by atoms with Crippen LogP contribution in [-0.4, -0.2) is 53.5 Å². The number of carbonyl (C=O) groups is 3. The molecule has 0 radical (unpaired) electrons. The Labute approximate surface area is 259 Å². The minimum absolute atomic E-state index is 0.00843. The van der Waals surface area contributed by atoms with E-state index in [2.05, 4.69) is 13.8 Å². The Kier molecular flexibility index (Phi) is 11.3. The molecule has 0 saturated heterocycles. The van der Waals surface area contributed by atoms with E-state index in [1.165, 1.54) is 0 Å². The number of sulfonamides is 1. The van der Waals surface area contributed by atoms with E-state index < -0.39 is 33.8 Å². The smallest absolute Gasteiger partial charge is 0.266 e. The number of carbonyl (C=O) groups excluding carboxylic acids is 3. The first-order chi connectivity index (χ1) is 20.4. The van der Waals surface area contributed by atoms with Gasteiger partial charge in [0.15, 0.2) is 0 Å². The normalized spacial score (nSPS) is 28.9. The fourth-order valence-corrected chi connectivity index (χ4v) is 9.68. The molecule has 1 aromatic rings. The standard InChI is InChI=1S/C34H53N3O5S/c1-23-17-19-28(20-18-23)43(41,42)37(31-16-10-7-13-26(31)4)33(39)22-27(21-32(35)38)34(40)36(29-14-8-5-11-24(29)2)30-15-9-6-12-25(30)3/h17-20,24-27,29-31H,5-16,21-22H2,1-4H3,(H2,35,38). The molecule has 7 atom stereocenters. The lowest BCUT2D eigenvalue weighted by Gasteiger charge is -2.48. The van der Waals surface area contributed by atoms with Gasteiger partial charge in [-0.2, -0.15) is 0 Å². The van der Waals surface area contributed by atoms with E-state index in [9.17, 15) is 22.8 Å². The summed E-state index contributed by atoms with van der Waals surface area (Å²) >= 11 is 0. The van der Waals surface area contributed by atoms with Crippen molar-refractivity contribution in [2.75, 3.05) is 0 Å². The Balaban J connectivity index is 1.70. The van der Waals surface area contributed by atoms with Gasteiger partial charge >= 0.3 is 0 Å². The van der Waals surface area contributed by atoms with Gasteiger partial charge in [0.05, 0.1) is 16.9 Å². The van der Waals surface area contributed by atoms with Gasteiger partial charge in [-0.1, -0.05) is 77.0 Å². The summed E-state index contributed by atoms with van der Waals surface area (Å²) in [5.74, 6) is -1.86. The molecular weight excluding hydrogens is 562 g/mol. The van der Waals surface area contributed by atoms with E-state index in [-0.39, 0.29) is 41.6 Å². The maximum absolute atomic E-state index is 14.6. The van der Waals surface area contributed by atoms with Gasteiger partial charge in [-0.15, -0.1) is 0 Å². The van der Waals surface area contributed by atoms with Crippen molar-refractivity contribution >= 4 is 27.7 Å². The zero-order valence-corrected chi connectivity index (χ0v) is 27.5. The predicted molar refractivity (Wildman–Crippen MR) is 168 cm³/mol. The minimum Gasteiger partial charge on any atom is -0.370 e. The van der Waals surface area contributed by atoms with Crippen LogP contribution in [0.5, 0.6) is 0 Å². The first-order valence-corrected chi connectivity index (χ1v) is 18.1. The monoisotopic (exact) mass is 615 g/mol. The van der Waals surface area contributed by atoms with Crippen LogP contribution in [0, 0.1) is 30.6 Å². The van der Waals surface area contributed by atoms with Crippen LogP contribution in [0.15, 0.2) is 29.2 Å². The van der Waals surface area contributed by atoms with E-state index in [4.69, 9.17) is 5.73 Å². The maximum Gasteiger partial charge on any atom is 0.266 e. The number of hydrogen-bond donors (Lipinski definition) is 1. The van der Waals surface area contributed by atoms with Crippen LogP contribution in [0.3, 0.4) is 0 Å². The van der Waals surface area contributed by atoms with Gasteiger partial charge in [0.25, 0.3) is 10.0 Å². The van der Waals surface area contributed by atoms with Gasteiger partial charge in [0, 0.05) is 24.9 Å². The molecule has 240 valence electrons. The summed E-state index contributed by atoms with van der Waals surface area (Å²) in [5, 5.41) is 0. The Morgan fingerprint density at radius 3 is 1.63 bits per heavy atom. The number of aryl methyl sites for hydroxylation is 1. The zero-order valence-electron chi connectivity index (χ0n) is 26.7. The van der Waals surface area contributed by atoms with Crippen LogP contribution < -0.4 is 5.73 Å². The van der Waals surface area contributed by atoms with Crippen molar-refractivity contribution in [3.63, 3.8) is 0 Å². The van der Waals surface area contributed by atoms with Crippen molar-refractivity contribution in [3.8, 4) is 0 Å². The third-order valence-corrected chi connectivity index (χ3v) is 12.4. The van der Waals surface area contributed by atoms with Gasteiger partial charge in [-0.05, 0) is 75.3 Å². The van der Waals surface area contributed by atoms with Crippen molar-refractivity contribution < 1.29 is 22.8 Å². The Hall–Kier alpha value is -2.42. The third kappa shape index (κ3) is 7.81. The summed E-state index contributed by atoms with van der Waals surface area (Å²) in [5.41, 5.74) is 6.62. The number of nitrogens with zero attached hydrogens (tertiary/aromatic N) is 2. The molecule has 0 spiro atoms. The molecule has 0 bridgehead atoms. The zero-order chi connectivity index (χ0) is 31.3. The number of rotatable bonds is 10. The number of amides is 3. The molecule has 0 heterocycles. The highest BCUT2D eigenvalue weighted by molar-refractivity contribution is 7.89. The summed E-state index contributed by atoms with van der Waals surface area (Å²) in [6.07, 6.45) is 10.8. The number of primary amides is 1. The lowest BCUT2D eigenvalue weighted by Crippen LogP contribution is -2.56. The highest BCUT2D eigenvalue weighted by Gasteiger charge is 2.44. The first-order valence-electron chi connectivity index (χ1n) is 16.7. The van der Waals surface area contributed by atoms with Gasteiger partial charge in [-0.3, -0.25) is 14.4 Å². The average molecular weight is 616 g/mol. The molecule has 1 aromatic carbocycles. The summed E-state index contributed by atoms with van der Waals surface area (Å²) in [6.45, 7) is 8.28. The first kappa shape index (κ1) is 33.5. The quantitative estimate of drug-likeness (QED) is 0.349. The minimum atomic E-state index is -4.19. The average Bonchev–Trinajstić information content (AvgIpc) is 2.96. The van der Waals surface area contributed by atoms with Gasteiger partial charge in [0.1, 0.15) is 0 Å². The van der Waals surface area contributed by atoms with Crippen molar-refractivity contribution in [3.05, 3.63) is 29.8 Å². The molecule has 9 heteroatoms. The van der Waals surface area contributed by atoms with Crippen LogP contribution in [0.4, 0.5) is 0 Å². The number of nitrogens with two attached hydrogens (primary N) is 1. The molecule has 0 aromatic heterocycles. The van der Waals surface area contributed by atoms with Crippen LogP contribution in [0.2, 0.25) is 0 Å². The molecule has 0 aliphatic heterocycles. The van der Waals surface area contributed by atoms with Crippen molar-refractivity contribution in [2.45, 2.75) is 141 Å². The third-order valence-electron chi connectivity index (χ3n) is 10.5. The highest BCUT2D eigenvalue weighted by atomic mass is 32.2. The van der Waals surface area contributed by atoms with Gasteiger partial charge < -0.3 is 10.6 Å². The second-order valence-electron chi connectivity index (χ2n) is 13.8. The van der Waals surface area contributed by atoms with E-state index >= 15 is 0 Å². The van der Waals surface area contributed by atoms with Gasteiger partial charge in [-0.25, -0.2) is 12.7 Å². The van der Waals surface area contributed by atoms with E-state index in [0.29, 0.717) is 18.3 Å². The van der Waals surface area contributed by atoms with Crippen LogP contribution in [-0.2, 0) is 24.4 Å². The molecule has 43 heavy (non-hydrogen) atoms. The molecule has 3 aliphatic rings. The van der Waals surface area contributed by atoms with Gasteiger partial charge in [0.2, 0.25) is 17.7 Å². The molecule has 4 rings (SSSR count). The molecular formula is C34H53N3O5S. The fourth-order valence-electron chi connectivity index (χ4n) is 7.96. The van der Waals surface area contributed by atoms with Crippen LogP contribution in [0.1, 0.15) is 116 Å². The SMILES string of the molecule is Cc1ccc(S(=O)(=O)N(C(=O)CC(CC(N)=O)C(=O)N(C2CCCCC2C)C2CCCCC2C)C2CCCCC2C)cc1. The molecule has 3 fully saturated rings. The summed E-state index contributed by atoms with van der Waals surface area (Å²) in [4.78, 5) is 43.4. The fraction of sp³-hybridized carbons (Fsp3) is 0.735. The lowest BCUT2D eigenvalue weighted by molar-refractivity contribution is -0.150. The van der Waals surface area contributed by atoms with Crippen molar-refractivity contribution in [2.24, 2.45) is 29.4 Å². The topological polar surface area (TPSA) is 118 Å². The predicted octanol–water partition coefficient (Wildman–Crippen LogP) is 5.96. The molecule has 2 N–H and O–H groups in total. The molecule has 8 nitrogen and oxygen atoms in total. The second-order valence-corrected chi connectivity index (χ2v) is 15.6. The lowest BCUT2D eigenvalue weighted by atomic mass is 9.78. The Morgan fingerprint density at radius 2 is 1.19 bits per heavy atom.